The molecule has 0 aliphatic carbocycles. The molecule has 0 saturated heterocycles. The Hall–Kier alpha value is -4.19. The lowest BCUT2D eigenvalue weighted by Gasteiger charge is -2.03. The number of aromatic nitrogens is 3. The van der Waals surface area contributed by atoms with Crippen LogP contribution in [-0.2, 0) is 4.79 Å². The molecule has 2 aromatic heterocycles. The first kappa shape index (κ1) is 19.1. The van der Waals surface area contributed by atoms with Crippen molar-refractivity contribution in [2.75, 3.05) is 12.4 Å². The predicted molar refractivity (Wildman–Crippen MR) is 117 cm³/mol. The first-order chi connectivity index (χ1) is 14.7. The van der Waals surface area contributed by atoms with E-state index in [4.69, 9.17) is 9.84 Å². The van der Waals surface area contributed by atoms with Crippen molar-refractivity contribution in [3.63, 3.8) is 0 Å². The molecule has 2 aromatic carbocycles. The van der Waals surface area contributed by atoms with Crippen molar-refractivity contribution in [3.05, 3.63) is 97.0 Å². The number of hydrogen-bond acceptors (Lipinski definition) is 4. The van der Waals surface area contributed by atoms with Crippen LogP contribution in [0.4, 0.5) is 5.69 Å². The maximum absolute atomic E-state index is 12.4. The van der Waals surface area contributed by atoms with Crippen LogP contribution in [-0.4, -0.2) is 27.8 Å². The topological polar surface area (TPSA) is 69.0 Å². The largest absolute Gasteiger partial charge is 0.497 e. The number of methoxy groups -OCH3 is 1. The zero-order chi connectivity index (χ0) is 20.8. The summed E-state index contributed by atoms with van der Waals surface area (Å²) in [6, 6.07) is 20.8. The number of ether oxygens (including phenoxy) is 1. The molecule has 4 rings (SSSR count). The van der Waals surface area contributed by atoms with Gasteiger partial charge in [0.2, 0.25) is 5.91 Å². The van der Waals surface area contributed by atoms with Gasteiger partial charge in [0, 0.05) is 41.5 Å². The van der Waals surface area contributed by atoms with Gasteiger partial charge in [0.1, 0.15) is 11.4 Å². The van der Waals surface area contributed by atoms with Crippen LogP contribution in [0.25, 0.3) is 23.0 Å². The molecule has 1 amide bonds. The number of nitrogens with one attached hydrogen (secondary N) is 1. The minimum Gasteiger partial charge on any atom is -0.497 e. The molecule has 0 atom stereocenters. The molecular formula is C24H20N4O2. The van der Waals surface area contributed by atoms with E-state index in [0.717, 1.165) is 28.3 Å². The Balaban J connectivity index is 1.60. The van der Waals surface area contributed by atoms with Gasteiger partial charge in [-0.3, -0.25) is 9.78 Å². The van der Waals surface area contributed by atoms with Crippen molar-refractivity contribution < 1.29 is 9.53 Å². The minimum absolute atomic E-state index is 0.232. The van der Waals surface area contributed by atoms with Crippen molar-refractivity contribution in [1.82, 2.24) is 14.8 Å². The lowest BCUT2D eigenvalue weighted by atomic mass is 10.1. The highest BCUT2D eigenvalue weighted by atomic mass is 16.5. The Kier molecular flexibility index (Phi) is 5.66. The number of anilines is 1. The van der Waals surface area contributed by atoms with Gasteiger partial charge < -0.3 is 10.1 Å². The molecule has 0 bridgehead atoms. The highest BCUT2D eigenvalue weighted by Gasteiger charge is 2.11. The molecular weight excluding hydrogens is 376 g/mol. The molecule has 2 heterocycles. The lowest BCUT2D eigenvalue weighted by Crippen LogP contribution is -2.07. The van der Waals surface area contributed by atoms with Gasteiger partial charge in [0.15, 0.2) is 0 Å². The van der Waals surface area contributed by atoms with Gasteiger partial charge >= 0.3 is 0 Å². The number of pyridine rings is 1. The van der Waals surface area contributed by atoms with Crippen molar-refractivity contribution in [3.8, 4) is 22.7 Å². The third-order valence-corrected chi connectivity index (χ3v) is 4.47. The van der Waals surface area contributed by atoms with E-state index in [-0.39, 0.29) is 5.91 Å². The maximum atomic E-state index is 12.4. The number of hydrogen-bond donors (Lipinski definition) is 1. The minimum atomic E-state index is -0.232. The highest BCUT2D eigenvalue weighted by Crippen LogP contribution is 2.24. The highest BCUT2D eigenvalue weighted by molar-refractivity contribution is 6.02. The van der Waals surface area contributed by atoms with Crippen molar-refractivity contribution in [2.45, 2.75) is 0 Å². The van der Waals surface area contributed by atoms with Crippen LogP contribution in [0.5, 0.6) is 5.75 Å². The standard InChI is InChI=1S/C24H20N4O2/c1-30-22-12-10-20(11-13-22)26-23(29)14-9-19-17-28(21-7-3-2-4-8-21)27-24(19)18-6-5-15-25-16-18/h2-17H,1H3,(H,26,29)/b14-9+. The summed E-state index contributed by atoms with van der Waals surface area (Å²) in [5, 5.41) is 7.55. The second-order valence-corrected chi connectivity index (χ2v) is 6.51. The van der Waals surface area contributed by atoms with Gasteiger partial charge in [-0.15, -0.1) is 0 Å². The van der Waals surface area contributed by atoms with Gasteiger partial charge in [0.05, 0.1) is 12.8 Å². The summed E-state index contributed by atoms with van der Waals surface area (Å²) in [4.78, 5) is 16.6. The molecule has 6 heteroatoms. The summed E-state index contributed by atoms with van der Waals surface area (Å²) < 4.78 is 6.93. The van der Waals surface area contributed by atoms with E-state index in [9.17, 15) is 4.79 Å². The Morgan fingerprint density at radius 3 is 2.53 bits per heavy atom. The van der Waals surface area contributed by atoms with E-state index < -0.39 is 0 Å². The fourth-order valence-electron chi connectivity index (χ4n) is 2.97. The molecule has 0 radical (unpaired) electrons. The molecule has 30 heavy (non-hydrogen) atoms. The van der Waals surface area contributed by atoms with Crippen molar-refractivity contribution in [1.29, 1.82) is 0 Å². The fourth-order valence-corrected chi connectivity index (χ4v) is 2.97. The average molecular weight is 396 g/mol. The Labute approximate surface area is 174 Å². The zero-order valence-corrected chi connectivity index (χ0v) is 16.4. The van der Waals surface area contributed by atoms with Gasteiger partial charge in [0.25, 0.3) is 0 Å². The van der Waals surface area contributed by atoms with Crippen LogP contribution < -0.4 is 10.1 Å². The summed E-state index contributed by atoms with van der Waals surface area (Å²) >= 11 is 0. The number of nitrogens with zero attached hydrogens (tertiary/aromatic N) is 3. The first-order valence-corrected chi connectivity index (χ1v) is 9.41. The molecule has 0 saturated carbocycles. The van der Waals surface area contributed by atoms with Crippen molar-refractivity contribution in [2.24, 2.45) is 0 Å². The Bertz CT molecular complexity index is 1150. The third-order valence-electron chi connectivity index (χ3n) is 4.47. The number of carbonyl (C=O) groups is 1. The number of para-hydroxylation sites is 1. The average Bonchev–Trinajstić information content (AvgIpc) is 3.24. The summed E-state index contributed by atoms with van der Waals surface area (Å²) in [5.74, 6) is 0.503. The lowest BCUT2D eigenvalue weighted by molar-refractivity contribution is -0.111. The summed E-state index contributed by atoms with van der Waals surface area (Å²) in [6.07, 6.45) is 8.63. The Morgan fingerprint density at radius 2 is 1.83 bits per heavy atom. The second kappa shape index (κ2) is 8.87. The molecule has 0 spiro atoms. The molecule has 0 unspecified atom stereocenters. The van der Waals surface area contributed by atoms with E-state index in [0.29, 0.717) is 5.69 Å². The van der Waals surface area contributed by atoms with Crippen LogP contribution in [0.3, 0.4) is 0 Å². The van der Waals surface area contributed by atoms with E-state index in [2.05, 4.69) is 10.3 Å². The SMILES string of the molecule is COc1ccc(NC(=O)/C=C/c2cn(-c3ccccc3)nc2-c2cccnc2)cc1. The second-order valence-electron chi connectivity index (χ2n) is 6.51. The van der Waals surface area contributed by atoms with Crippen LogP contribution in [0.2, 0.25) is 0 Å². The fraction of sp³-hybridized carbons (Fsp3) is 0.0417. The zero-order valence-electron chi connectivity index (χ0n) is 16.4. The maximum Gasteiger partial charge on any atom is 0.248 e. The predicted octanol–water partition coefficient (Wildman–Crippen LogP) is 4.59. The van der Waals surface area contributed by atoms with Crippen LogP contribution in [0.15, 0.2) is 91.4 Å². The Morgan fingerprint density at radius 1 is 1.03 bits per heavy atom. The smallest absolute Gasteiger partial charge is 0.248 e. The molecule has 0 fully saturated rings. The van der Waals surface area contributed by atoms with Gasteiger partial charge in [-0.25, -0.2) is 4.68 Å². The van der Waals surface area contributed by atoms with Gasteiger partial charge in [-0.2, -0.15) is 5.10 Å². The van der Waals surface area contributed by atoms with E-state index >= 15 is 0 Å². The van der Waals surface area contributed by atoms with E-state index in [1.807, 2.05) is 48.7 Å². The van der Waals surface area contributed by atoms with E-state index in [1.165, 1.54) is 6.08 Å². The van der Waals surface area contributed by atoms with Crippen LogP contribution >= 0.6 is 0 Å². The van der Waals surface area contributed by atoms with Crippen LogP contribution in [0, 0.1) is 0 Å². The quantitative estimate of drug-likeness (QED) is 0.484. The molecule has 1 N–H and O–H groups in total. The molecule has 0 aliphatic heterocycles. The number of benzene rings is 2. The number of rotatable bonds is 6. The molecule has 6 nitrogen and oxygen atoms in total. The molecule has 4 aromatic rings. The van der Waals surface area contributed by atoms with Gasteiger partial charge in [-0.05, 0) is 54.6 Å². The van der Waals surface area contributed by atoms with Crippen molar-refractivity contribution >= 4 is 17.7 Å². The van der Waals surface area contributed by atoms with E-state index in [1.54, 1.807) is 54.5 Å². The summed E-state index contributed by atoms with van der Waals surface area (Å²) in [5.41, 5.74) is 4.07. The normalized spacial score (nSPS) is 10.8. The molecule has 148 valence electrons. The summed E-state index contributed by atoms with van der Waals surface area (Å²) in [7, 11) is 1.60. The van der Waals surface area contributed by atoms with Gasteiger partial charge in [-0.1, -0.05) is 18.2 Å². The number of amides is 1. The number of carbonyl (C=O) groups excluding carboxylic acids is 1. The van der Waals surface area contributed by atoms with Crippen LogP contribution in [0.1, 0.15) is 5.56 Å². The first-order valence-electron chi connectivity index (χ1n) is 9.41. The molecule has 0 aliphatic rings. The third kappa shape index (κ3) is 4.44. The monoisotopic (exact) mass is 396 g/mol. The summed E-state index contributed by atoms with van der Waals surface area (Å²) in [6.45, 7) is 0.